The fourth-order valence-electron chi connectivity index (χ4n) is 2.11. The van der Waals surface area contributed by atoms with Gasteiger partial charge in [0.2, 0.25) is 0 Å². The van der Waals surface area contributed by atoms with Gasteiger partial charge in [0, 0.05) is 24.5 Å². The van der Waals surface area contributed by atoms with Gasteiger partial charge in [-0.3, -0.25) is 4.98 Å². The first-order chi connectivity index (χ1) is 8.39. The van der Waals surface area contributed by atoms with E-state index in [2.05, 4.69) is 4.98 Å². The zero-order valence-electron chi connectivity index (χ0n) is 10.0. The van der Waals surface area contributed by atoms with Crippen molar-refractivity contribution in [3.05, 3.63) is 24.0 Å². The van der Waals surface area contributed by atoms with Crippen LogP contribution in [0.25, 0.3) is 0 Å². The molecule has 2 rings (SSSR count). The van der Waals surface area contributed by atoms with Gasteiger partial charge in [0.1, 0.15) is 4.99 Å². The molecule has 1 saturated heterocycles. The number of aromatic nitrogens is 1. The maximum atomic E-state index is 11.5. The summed E-state index contributed by atoms with van der Waals surface area (Å²) in [5.41, 5.74) is 7.02. The number of rotatable bonds is 2. The van der Waals surface area contributed by atoms with Crippen molar-refractivity contribution in [3.8, 4) is 0 Å². The average Bonchev–Trinajstić information content (AvgIpc) is 2.28. The Morgan fingerprint density at radius 1 is 1.61 bits per heavy atom. The quantitative estimate of drug-likeness (QED) is 0.790. The third-order valence-corrected chi connectivity index (χ3v) is 5.00. The van der Waals surface area contributed by atoms with Crippen LogP contribution in [-0.2, 0) is 9.84 Å². The monoisotopic (exact) mass is 285 g/mol. The second-order valence-corrected chi connectivity index (χ2v) is 7.09. The number of anilines is 1. The van der Waals surface area contributed by atoms with Crippen LogP contribution < -0.4 is 10.6 Å². The molecule has 0 aliphatic carbocycles. The number of hydrogen-bond donors (Lipinski definition) is 1. The Hall–Kier alpha value is -1.21. The van der Waals surface area contributed by atoms with Crippen LogP contribution in [0.2, 0.25) is 0 Å². The summed E-state index contributed by atoms with van der Waals surface area (Å²) in [6, 6.07) is 3.60. The molecule has 1 aliphatic rings. The molecule has 2 N–H and O–H groups in total. The van der Waals surface area contributed by atoms with Gasteiger partial charge in [-0.05, 0) is 19.1 Å². The minimum Gasteiger partial charge on any atom is -0.388 e. The van der Waals surface area contributed by atoms with E-state index >= 15 is 0 Å². The van der Waals surface area contributed by atoms with Gasteiger partial charge in [-0.2, -0.15) is 0 Å². The number of nitrogens with two attached hydrogens (primary N) is 1. The van der Waals surface area contributed by atoms with Gasteiger partial charge in [-0.25, -0.2) is 8.42 Å². The summed E-state index contributed by atoms with van der Waals surface area (Å²) in [6.45, 7) is 2.39. The molecule has 1 atom stereocenters. The van der Waals surface area contributed by atoms with E-state index in [1.807, 2.05) is 17.9 Å². The first-order valence-corrected chi connectivity index (χ1v) is 7.85. The van der Waals surface area contributed by atoms with Crippen LogP contribution in [-0.4, -0.2) is 42.5 Å². The summed E-state index contributed by atoms with van der Waals surface area (Å²) in [4.78, 5) is 6.37. The SMILES string of the molecule is CC1CS(=O)(=O)CCN1c1ccnc(C(N)=S)c1. The maximum absolute atomic E-state index is 11.5. The summed E-state index contributed by atoms with van der Waals surface area (Å²) < 4.78 is 23.1. The van der Waals surface area contributed by atoms with Crippen LogP contribution in [0.4, 0.5) is 5.69 Å². The normalized spacial score (nSPS) is 22.7. The van der Waals surface area contributed by atoms with Crippen molar-refractivity contribution >= 4 is 32.7 Å². The molecule has 0 radical (unpaired) electrons. The molecule has 1 aliphatic heterocycles. The minimum absolute atomic E-state index is 0.0506. The lowest BCUT2D eigenvalue weighted by molar-refractivity contribution is 0.568. The van der Waals surface area contributed by atoms with Crippen molar-refractivity contribution in [3.63, 3.8) is 0 Å². The number of pyridine rings is 1. The Labute approximate surface area is 112 Å². The second-order valence-electron chi connectivity index (χ2n) is 4.42. The molecule has 5 nitrogen and oxygen atoms in total. The molecule has 0 aromatic carbocycles. The number of thiocarbonyl (C=S) groups is 1. The molecule has 1 fully saturated rings. The van der Waals surface area contributed by atoms with Crippen molar-refractivity contribution in [2.45, 2.75) is 13.0 Å². The lowest BCUT2D eigenvalue weighted by atomic mass is 10.2. The highest BCUT2D eigenvalue weighted by Crippen LogP contribution is 2.21. The Balaban J connectivity index is 2.27. The first kappa shape index (κ1) is 13.2. The summed E-state index contributed by atoms with van der Waals surface area (Å²) >= 11 is 4.89. The summed E-state index contributed by atoms with van der Waals surface area (Å²) in [7, 11) is -2.91. The molecular formula is C11H15N3O2S2. The molecule has 0 saturated carbocycles. The van der Waals surface area contributed by atoms with E-state index < -0.39 is 9.84 Å². The van der Waals surface area contributed by atoms with Gasteiger partial charge >= 0.3 is 0 Å². The fourth-order valence-corrected chi connectivity index (χ4v) is 3.78. The van der Waals surface area contributed by atoms with Gasteiger partial charge in [0.25, 0.3) is 0 Å². The molecule has 98 valence electrons. The summed E-state index contributed by atoms with van der Waals surface area (Å²) in [6.07, 6.45) is 1.64. The van der Waals surface area contributed by atoms with Crippen LogP contribution in [0.3, 0.4) is 0 Å². The Kier molecular flexibility index (Phi) is 3.54. The van der Waals surface area contributed by atoms with Crippen molar-refractivity contribution in [2.75, 3.05) is 23.0 Å². The number of hydrogen-bond acceptors (Lipinski definition) is 5. The average molecular weight is 285 g/mol. The number of sulfone groups is 1. The third kappa shape index (κ3) is 2.78. The van der Waals surface area contributed by atoms with Crippen molar-refractivity contribution in [2.24, 2.45) is 5.73 Å². The van der Waals surface area contributed by atoms with Gasteiger partial charge in [-0.15, -0.1) is 0 Å². The van der Waals surface area contributed by atoms with E-state index in [-0.39, 0.29) is 22.5 Å². The van der Waals surface area contributed by atoms with Gasteiger partial charge in [0.05, 0.1) is 17.2 Å². The standard InChI is InChI=1S/C11H15N3O2S2/c1-8-7-18(15,16)5-4-14(8)9-2-3-13-10(6-9)11(12)17/h2-3,6,8H,4-5,7H2,1H3,(H2,12,17). The highest BCUT2D eigenvalue weighted by molar-refractivity contribution is 7.91. The van der Waals surface area contributed by atoms with E-state index in [9.17, 15) is 8.42 Å². The van der Waals surface area contributed by atoms with Crippen LogP contribution in [0.5, 0.6) is 0 Å². The van der Waals surface area contributed by atoms with Crippen molar-refractivity contribution < 1.29 is 8.42 Å². The topological polar surface area (TPSA) is 76.3 Å². The zero-order valence-corrected chi connectivity index (χ0v) is 11.7. The van der Waals surface area contributed by atoms with Gasteiger partial charge in [-0.1, -0.05) is 12.2 Å². The molecule has 7 heteroatoms. The summed E-state index contributed by atoms with van der Waals surface area (Å²) in [5.74, 6) is 0.361. The first-order valence-electron chi connectivity index (χ1n) is 5.62. The molecule has 0 amide bonds. The van der Waals surface area contributed by atoms with Crippen LogP contribution in [0, 0.1) is 0 Å². The van der Waals surface area contributed by atoms with E-state index in [1.54, 1.807) is 12.3 Å². The highest BCUT2D eigenvalue weighted by atomic mass is 32.2. The van der Waals surface area contributed by atoms with E-state index in [4.69, 9.17) is 18.0 Å². The molecule has 0 bridgehead atoms. The van der Waals surface area contributed by atoms with Crippen LogP contribution in [0.15, 0.2) is 18.3 Å². The molecule has 2 heterocycles. The second kappa shape index (κ2) is 4.81. The molecular weight excluding hydrogens is 270 g/mol. The zero-order chi connectivity index (χ0) is 13.3. The molecule has 1 aromatic rings. The van der Waals surface area contributed by atoms with Gasteiger partial charge in [0.15, 0.2) is 9.84 Å². The Morgan fingerprint density at radius 2 is 2.33 bits per heavy atom. The van der Waals surface area contributed by atoms with Gasteiger partial charge < -0.3 is 10.6 Å². The lowest BCUT2D eigenvalue weighted by Crippen LogP contribution is -2.47. The molecule has 1 unspecified atom stereocenters. The predicted octanol–water partition coefficient (Wildman–Crippen LogP) is 0.339. The summed E-state index contributed by atoms with van der Waals surface area (Å²) in [5, 5.41) is 0. The smallest absolute Gasteiger partial charge is 0.154 e. The van der Waals surface area contributed by atoms with Crippen LogP contribution >= 0.6 is 12.2 Å². The van der Waals surface area contributed by atoms with E-state index in [1.165, 1.54) is 0 Å². The minimum atomic E-state index is -2.91. The fraction of sp³-hybridized carbons (Fsp3) is 0.455. The Bertz CT molecular complexity index is 571. The highest BCUT2D eigenvalue weighted by Gasteiger charge is 2.28. The Morgan fingerprint density at radius 3 is 2.94 bits per heavy atom. The van der Waals surface area contributed by atoms with E-state index in [0.29, 0.717) is 12.2 Å². The van der Waals surface area contributed by atoms with Crippen molar-refractivity contribution in [1.82, 2.24) is 4.98 Å². The molecule has 1 aromatic heterocycles. The maximum Gasteiger partial charge on any atom is 0.154 e. The number of nitrogens with zero attached hydrogens (tertiary/aromatic N) is 2. The predicted molar refractivity (Wildman–Crippen MR) is 75.6 cm³/mol. The molecule has 18 heavy (non-hydrogen) atoms. The molecule has 0 spiro atoms. The largest absolute Gasteiger partial charge is 0.388 e. The lowest BCUT2D eigenvalue weighted by Gasteiger charge is -2.35. The van der Waals surface area contributed by atoms with Crippen LogP contribution in [0.1, 0.15) is 12.6 Å². The third-order valence-electron chi connectivity index (χ3n) is 3.00. The van der Waals surface area contributed by atoms with Crippen molar-refractivity contribution in [1.29, 1.82) is 0 Å². The van der Waals surface area contributed by atoms with E-state index in [0.717, 1.165) is 5.69 Å².